The predicted octanol–water partition coefficient (Wildman–Crippen LogP) is 2.99. The summed E-state index contributed by atoms with van der Waals surface area (Å²) in [5.41, 5.74) is 3.99. The third-order valence-corrected chi connectivity index (χ3v) is 4.15. The van der Waals surface area contributed by atoms with E-state index >= 15 is 0 Å². The van der Waals surface area contributed by atoms with Gasteiger partial charge < -0.3 is 5.32 Å². The molecule has 4 heteroatoms. The minimum atomic E-state index is 0.476. The molecule has 0 amide bonds. The summed E-state index contributed by atoms with van der Waals surface area (Å²) in [4.78, 5) is 0. The second-order valence-corrected chi connectivity index (χ2v) is 5.39. The van der Waals surface area contributed by atoms with Gasteiger partial charge in [-0.2, -0.15) is 5.10 Å². The minimum Gasteiger partial charge on any atom is -0.312 e. The molecule has 1 aliphatic rings. The minimum absolute atomic E-state index is 0.476. The summed E-state index contributed by atoms with van der Waals surface area (Å²) in [5.74, 6) is 0.476. The van der Waals surface area contributed by atoms with Gasteiger partial charge in [-0.25, -0.2) is 0 Å². The van der Waals surface area contributed by atoms with Gasteiger partial charge >= 0.3 is 0 Å². The van der Waals surface area contributed by atoms with Crippen LogP contribution in [0.4, 0.5) is 0 Å². The van der Waals surface area contributed by atoms with Gasteiger partial charge in [0.25, 0.3) is 0 Å². The molecule has 0 radical (unpaired) electrons. The summed E-state index contributed by atoms with van der Waals surface area (Å²) in [5, 5.41) is 8.59. The molecule has 2 heterocycles. The smallest absolute Gasteiger partial charge is 0.0818 e. The molecule has 0 spiro atoms. The Morgan fingerprint density at radius 3 is 3.11 bits per heavy atom. The highest BCUT2D eigenvalue weighted by Crippen LogP contribution is 2.29. The number of halogens is 1. The van der Waals surface area contributed by atoms with Crippen molar-refractivity contribution in [3.05, 3.63) is 52.3 Å². The molecule has 19 heavy (non-hydrogen) atoms. The molecule has 0 aliphatic carbocycles. The molecule has 1 aliphatic heterocycles. The van der Waals surface area contributed by atoms with E-state index < -0.39 is 0 Å². The fraction of sp³-hybridized carbons (Fsp3) is 0.400. The van der Waals surface area contributed by atoms with E-state index in [0.717, 1.165) is 36.8 Å². The fourth-order valence-electron chi connectivity index (χ4n) is 2.86. The lowest BCUT2D eigenvalue weighted by Crippen LogP contribution is -2.29. The van der Waals surface area contributed by atoms with E-state index in [1.165, 1.54) is 11.1 Å². The maximum Gasteiger partial charge on any atom is 0.0818 e. The van der Waals surface area contributed by atoms with Crippen molar-refractivity contribution in [2.24, 2.45) is 0 Å². The number of hydrogen-bond acceptors (Lipinski definition) is 2. The zero-order chi connectivity index (χ0) is 13.2. The summed E-state index contributed by atoms with van der Waals surface area (Å²) in [6, 6.07) is 8.66. The largest absolute Gasteiger partial charge is 0.312 e. The van der Waals surface area contributed by atoms with Crippen LogP contribution in [0.25, 0.3) is 0 Å². The van der Waals surface area contributed by atoms with Gasteiger partial charge in [-0.15, -0.1) is 0 Å². The summed E-state index contributed by atoms with van der Waals surface area (Å²) >= 11 is 6.27. The second kappa shape index (κ2) is 5.35. The highest BCUT2D eigenvalue weighted by molar-refractivity contribution is 6.31. The molecule has 0 saturated heterocycles. The predicted molar refractivity (Wildman–Crippen MR) is 77.5 cm³/mol. The van der Waals surface area contributed by atoms with Gasteiger partial charge in [0.05, 0.1) is 16.9 Å². The summed E-state index contributed by atoms with van der Waals surface area (Å²) < 4.78 is 2.00. The average molecular weight is 276 g/mol. The summed E-state index contributed by atoms with van der Waals surface area (Å²) in [7, 11) is 0. The molecule has 1 aromatic heterocycles. The molecule has 1 unspecified atom stereocenters. The third-order valence-electron chi connectivity index (χ3n) is 3.84. The standard InChI is InChI=1S/C15H18ClN3/c1-2-19-15(14(16)10-18-19)7-12-9-17-8-11-5-3-4-6-13(11)12/h3-6,10,12,17H,2,7-9H2,1H3. The van der Waals surface area contributed by atoms with Crippen molar-refractivity contribution in [1.82, 2.24) is 15.1 Å². The maximum atomic E-state index is 6.27. The van der Waals surface area contributed by atoms with Crippen molar-refractivity contribution in [2.75, 3.05) is 6.54 Å². The van der Waals surface area contributed by atoms with Crippen LogP contribution in [-0.2, 0) is 19.5 Å². The highest BCUT2D eigenvalue weighted by atomic mass is 35.5. The Bertz CT molecular complexity index is 577. The number of hydrogen-bond donors (Lipinski definition) is 1. The number of benzene rings is 1. The van der Waals surface area contributed by atoms with Gasteiger partial charge in [-0.3, -0.25) is 4.68 Å². The summed E-state index contributed by atoms with van der Waals surface area (Å²) in [6.07, 6.45) is 2.69. The van der Waals surface area contributed by atoms with Crippen LogP contribution in [0, 0.1) is 0 Å². The maximum absolute atomic E-state index is 6.27. The third kappa shape index (κ3) is 2.40. The highest BCUT2D eigenvalue weighted by Gasteiger charge is 2.22. The Kier molecular flexibility index (Phi) is 3.58. The van der Waals surface area contributed by atoms with Crippen molar-refractivity contribution in [3.63, 3.8) is 0 Å². The van der Waals surface area contributed by atoms with Crippen LogP contribution in [0.3, 0.4) is 0 Å². The molecule has 3 nitrogen and oxygen atoms in total. The van der Waals surface area contributed by atoms with E-state index in [4.69, 9.17) is 11.6 Å². The number of nitrogens with one attached hydrogen (secondary N) is 1. The van der Waals surface area contributed by atoms with Crippen molar-refractivity contribution in [2.45, 2.75) is 32.4 Å². The molecular formula is C15H18ClN3. The number of rotatable bonds is 3. The lowest BCUT2D eigenvalue weighted by Gasteiger charge is -2.26. The van der Waals surface area contributed by atoms with Gasteiger partial charge in [0, 0.05) is 25.6 Å². The first kappa shape index (κ1) is 12.7. The first-order chi connectivity index (χ1) is 9.29. The SMILES string of the molecule is CCn1ncc(Cl)c1CC1CNCc2ccccc21. The number of fused-ring (bicyclic) bond motifs is 1. The second-order valence-electron chi connectivity index (χ2n) is 4.99. The van der Waals surface area contributed by atoms with Crippen molar-refractivity contribution in [1.29, 1.82) is 0 Å². The van der Waals surface area contributed by atoms with Crippen LogP contribution in [0.1, 0.15) is 29.7 Å². The lowest BCUT2D eigenvalue weighted by atomic mass is 9.87. The van der Waals surface area contributed by atoms with Gasteiger partial charge in [0.15, 0.2) is 0 Å². The Labute approximate surface area is 118 Å². The van der Waals surface area contributed by atoms with Crippen LogP contribution in [-0.4, -0.2) is 16.3 Å². The quantitative estimate of drug-likeness (QED) is 0.933. The van der Waals surface area contributed by atoms with E-state index in [9.17, 15) is 0 Å². The van der Waals surface area contributed by atoms with Crippen molar-refractivity contribution in [3.8, 4) is 0 Å². The van der Waals surface area contributed by atoms with Gasteiger partial charge in [-0.1, -0.05) is 35.9 Å². The van der Waals surface area contributed by atoms with Crippen LogP contribution in [0.15, 0.2) is 30.5 Å². The van der Waals surface area contributed by atoms with Crippen molar-refractivity contribution >= 4 is 11.6 Å². The van der Waals surface area contributed by atoms with Crippen LogP contribution >= 0.6 is 11.6 Å². The van der Waals surface area contributed by atoms with Gasteiger partial charge in [-0.05, 0) is 24.5 Å². The van der Waals surface area contributed by atoms with E-state index in [1.54, 1.807) is 6.20 Å². The molecule has 100 valence electrons. The molecule has 1 aromatic carbocycles. The number of nitrogens with zero attached hydrogens (tertiary/aromatic N) is 2. The zero-order valence-corrected chi connectivity index (χ0v) is 11.8. The molecule has 1 atom stereocenters. The molecule has 0 bridgehead atoms. The monoisotopic (exact) mass is 275 g/mol. The van der Waals surface area contributed by atoms with Crippen LogP contribution < -0.4 is 5.32 Å². The molecule has 2 aromatic rings. The van der Waals surface area contributed by atoms with E-state index in [-0.39, 0.29) is 0 Å². The molecular weight excluding hydrogens is 258 g/mol. The number of aryl methyl sites for hydroxylation is 1. The molecule has 3 rings (SSSR count). The first-order valence-corrected chi connectivity index (χ1v) is 7.16. The Morgan fingerprint density at radius 2 is 2.26 bits per heavy atom. The topological polar surface area (TPSA) is 29.9 Å². The average Bonchev–Trinajstić information content (AvgIpc) is 2.80. The Balaban J connectivity index is 1.90. The summed E-state index contributed by atoms with van der Waals surface area (Å²) in [6.45, 7) is 4.93. The van der Waals surface area contributed by atoms with E-state index in [2.05, 4.69) is 41.6 Å². The molecule has 0 fully saturated rings. The first-order valence-electron chi connectivity index (χ1n) is 6.78. The molecule has 1 N–H and O–H groups in total. The lowest BCUT2D eigenvalue weighted by molar-refractivity contribution is 0.515. The van der Waals surface area contributed by atoms with Crippen LogP contribution in [0.5, 0.6) is 0 Å². The zero-order valence-electron chi connectivity index (χ0n) is 11.1. The van der Waals surface area contributed by atoms with Crippen LogP contribution in [0.2, 0.25) is 5.02 Å². The van der Waals surface area contributed by atoms with Gasteiger partial charge in [0.2, 0.25) is 0 Å². The number of aromatic nitrogens is 2. The normalized spacial score (nSPS) is 18.3. The Morgan fingerprint density at radius 1 is 1.42 bits per heavy atom. The Hall–Kier alpha value is -1.32. The fourth-order valence-corrected chi connectivity index (χ4v) is 3.08. The van der Waals surface area contributed by atoms with Crippen molar-refractivity contribution < 1.29 is 0 Å². The van der Waals surface area contributed by atoms with E-state index in [0.29, 0.717) is 5.92 Å². The molecule has 0 saturated carbocycles. The van der Waals surface area contributed by atoms with Gasteiger partial charge in [0.1, 0.15) is 0 Å². The van der Waals surface area contributed by atoms with E-state index in [1.807, 2.05) is 4.68 Å².